The summed E-state index contributed by atoms with van der Waals surface area (Å²) in [6, 6.07) is 0. The van der Waals surface area contributed by atoms with E-state index in [1.807, 2.05) is 10.9 Å². The van der Waals surface area contributed by atoms with Crippen LogP contribution in [0.4, 0.5) is 0 Å². The first kappa shape index (κ1) is 15.0. The van der Waals surface area contributed by atoms with Gasteiger partial charge in [0.15, 0.2) is 0 Å². The van der Waals surface area contributed by atoms with Crippen LogP contribution in [0.3, 0.4) is 0 Å². The van der Waals surface area contributed by atoms with Crippen LogP contribution in [0.25, 0.3) is 0 Å². The van der Waals surface area contributed by atoms with Gasteiger partial charge >= 0.3 is 0 Å². The third-order valence-electron chi connectivity index (χ3n) is 5.12. The maximum absolute atomic E-state index is 9.90. The molecule has 4 heteroatoms. The zero-order chi connectivity index (χ0) is 14.7. The average Bonchev–Trinajstić information content (AvgIpc) is 3.19. The van der Waals surface area contributed by atoms with E-state index in [1.165, 1.54) is 44.2 Å². The Bertz CT molecular complexity index is 455. The van der Waals surface area contributed by atoms with Gasteiger partial charge in [0.05, 0.1) is 6.20 Å². The summed E-state index contributed by atoms with van der Waals surface area (Å²) in [6.45, 7) is 6.88. The lowest BCUT2D eigenvalue weighted by Crippen LogP contribution is -2.46. The summed E-state index contributed by atoms with van der Waals surface area (Å²) in [5.74, 6) is 0.907. The number of aliphatic hydroxyl groups is 1. The number of aromatic nitrogens is 2. The molecule has 4 nitrogen and oxygen atoms in total. The Labute approximate surface area is 128 Å². The van der Waals surface area contributed by atoms with Gasteiger partial charge in [-0.2, -0.15) is 5.10 Å². The molecule has 1 atom stereocenters. The highest BCUT2D eigenvalue weighted by atomic mass is 16.3. The minimum absolute atomic E-state index is 0.196. The summed E-state index contributed by atoms with van der Waals surface area (Å²) in [5.41, 5.74) is 1.43. The lowest BCUT2D eigenvalue weighted by atomic mass is 9.76. The molecule has 0 spiro atoms. The largest absolute Gasteiger partial charge is 0.396 e. The summed E-state index contributed by atoms with van der Waals surface area (Å²) < 4.78 is 2.04. The minimum Gasteiger partial charge on any atom is -0.396 e. The number of nitrogens with zero attached hydrogens (tertiary/aromatic N) is 3. The van der Waals surface area contributed by atoms with Crippen LogP contribution in [0, 0.1) is 18.3 Å². The van der Waals surface area contributed by atoms with Crippen LogP contribution >= 0.6 is 0 Å². The zero-order valence-electron chi connectivity index (χ0n) is 13.3. The normalized spacial score (nSPS) is 27.1. The lowest BCUT2D eigenvalue weighted by Gasteiger charge is -2.42. The summed E-state index contributed by atoms with van der Waals surface area (Å²) in [4.78, 5) is 2.57. The van der Waals surface area contributed by atoms with Crippen molar-refractivity contribution in [3.63, 3.8) is 0 Å². The van der Waals surface area contributed by atoms with E-state index in [-0.39, 0.29) is 5.41 Å². The summed E-state index contributed by atoms with van der Waals surface area (Å²) in [5, 5.41) is 14.3. The van der Waals surface area contributed by atoms with E-state index in [0.29, 0.717) is 6.61 Å². The van der Waals surface area contributed by atoms with E-state index in [4.69, 9.17) is 0 Å². The van der Waals surface area contributed by atoms with Gasteiger partial charge in [-0.15, -0.1) is 0 Å². The molecular formula is C17H29N3O. The molecule has 0 amide bonds. The minimum atomic E-state index is 0.196. The van der Waals surface area contributed by atoms with E-state index >= 15 is 0 Å². The van der Waals surface area contributed by atoms with Crippen molar-refractivity contribution in [1.82, 2.24) is 14.7 Å². The van der Waals surface area contributed by atoms with Gasteiger partial charge in [-0.3, -0.25) is 4.68 Å². The molecular weight excluding hydrogens is 262 g/mol. The molecule has 1 saturated carbocycles. The molecule has 21 heavy (non-hydrogen) atoms. The van der Waals surface area contributed by atoms with Crippen molar-refractivity contribution in [1.29, 1.82) is 0 Å². The molecule has 1 aliphatic carbocycles. The van der Waals surface area contributed by atoms with Crippen LogP contribution < -0.4 is 0 Å². The maximum atomic E-state index is 9.90. The summed E-state index contributed by atoms with van der Waals surface area (Å²) >= 11 is 0. The molecule has 1 aromatic rings. The van der Waals surface area contributed by atoms with Crippen LogP contribution in [-0.4, -0.2) is 46.0 Å². The number of rotatable bonds is 7. The highest BCUT2D eigenvalue weighted by Crippen LogP contribution is 2.44. The monoisotopic (exact) mass is 291 g/mol. The van der Waals surface area contributed by atoms with E-state index < -0.39 is 0 Å². The van der Waals surface area contributed by atoms with Gasteiger partial charge in [-0.05, 0) is 57.2 Å². The van der Waals surface area contributed by atoms with Crippen LogP contribution in [0.15, 0.2) is 12.4 Å². The van der Waals surface area contributed by atoms with E-state index in [0.717, 1.165) is 32.0 Å². The first-order chi connectivity index (χ1) is 10.2. The molecule has 3 rings (SSSR count). The summed E-state index contributed by atoms with van der Waals surface area (Å²) in [6.07, 6.45) is 11.7. The van der Waals surface area contributed by atoms with Crippen molar-refractivity contribution in [3.8, 4) is 0 Å². The van der Waals surface area contributed by atoms with Gasteiger partial charge in [0.25, 0.3) is 0 Å². The molecule has 1 N–H and O–H groups in total. The predicted octanol–water partition coefficient (Wildman–Crippen LogP) is 2.46. The number of piperidine rings is 1. The standard InChI is InChI=1S/C17H29N3O/c1-15-11-18-20(12-15)9-3-8-19-7-2-6-17(13-19,14-21)10-16-4-5-16/h11-12,16,21H,2-10,13-14H2,1H3. The second-order valence-electron chi connectivity index (χ2n) is 7.32. The van der Waals surface area contributed by atoms with Gasteiger partial charge in [-0.25, -0.2) is 0 Å². The third-order valence-corrected chi connectivity index (χ3v) is 5.12. The van der Waals surface area contributed by atoms with Gasteiger partial charge in [0.2, 0.25) is 0 Å². The Morgan fingerprint density at radius 3 is 2.90 bits per heavy atom. The molecule has 2 heterocycles. The van der Waals surface area contributed by atoms with Gasteiger partial charge in [0.1, 0.15) is 0 Å². The van der Waals surface area contributed by atoms with Crippen LogP contribution in [0.1, 0.15) is 44.1 Å². The van der Waals surface area contributed by atoms with Crippen molar-refractivity contribution in [2.75, 3.05) is 26.2 Å². The number of aliphatic hydroxyl groups excluding tert-OH is 1. The fourth-order valence-electron chi connectivity index (χ4n) is 3.84. The molecule has 2 fully saturated rings. The molecule has 0 aromatic carbocycles. The second-order valence-corrected chi connectivity index (χ2v) is 7.32. The molecule has 1 saturated heterocycles. The zero-order valence-corrected chi connectivity index (χ0v) is 13.3. The smallest absolute Gasteiger partial charge is 0.0518 e. The predicted molar refractivity (Wildman–Crippen MR) is 84.1 cm³/mol. The second kappa shape index (κ2) is 6.49. The fraction of sp³-hybridized carbons (Fsp3) is 0.824. The first-order valence-electron chi connectivity index (χ1n) is 8.51. The Balaban J connectivity index is 1.46. The molecule has 1 aliphatic heterocycles. The third kappa shape index (κ3) is 4.07. The first-order valence-corrected chi connectivity index (χ1v) is 8.51. The molecule has 0 bridgehead atoms. The molecule has 0 radical (unpaired) electrons. The Morgan fingerprint density at radius 2 is 2.24 bits per heavy atom. The quantitative estimate of drug-likeness (QED) is 0.839. The molecule has 2 aliphatic rings. The van der Waals surface area contributed by atoms with E-state index in [9.17, 15) is 5.11 Å². The SMILES string of the molecule is Cc1cnn(CCCN2CCCC(CO)(CC3CC3)C2)c1. The molecule has 1 unspecified atom stereocenters. The average molecular weight is 291 g/mol. The van der Waals surface area contributed by atoms with Crippen molar-refractivity contribution >= 4 is 0 Å². The van der Waals surface area contributed by atoms with Gasteiger partial charge < -0.3 is 10.0 Å². The highest BCUT2D eigenvalue weighted by molar-refractivity contribution is 4.99. The Hall–Kier alpha value is -0.870. The van der Waals surface area contributed by atoms with Crippen molar-refractivity contribution in [2.45, 2.75) is 52.0 Å². The number of hydrogen-bond acceptors (Lipinski definition) is 3. The van der Waals surface area contributed by atoms with Crippen LogP contribution in [0.2, 0.25) is 0 Å². The van der Waals surface area contributed by atoms with Crippen LogP contribution in [-0.2, 0) is 6.54 Å². The van der Waals surface area contributed by atoms with Crippen molar-refractivity contribution in [3.05, 3.63) is 18.0 Å². The highest BCUT2D eigenvalue weighted by Gasteiger charge is 2.39. The fourth-order valence-corrected chi connectivity index (χ4v) is 3.84. The van der Waals surface area contributed by atoms with Gasteiger partial charge in [0, 0.05) is 31.3 Å². The van der Waals surface area contributed by atoms with Crippen molar-refractivity contribution in [2.24, 2.45) is 11.3 Å². The molecule has 118 valence electrons. The van der Waals surface area contributed by atoms with E-state index in [2.05, 4.69) is 23.1 Å². The van der Waals surface area contributed by atoms with Crippen LogP contribution in [0.5, 0.6) is 0 Å². The van der Waals surface area contributed by atoms with E-state index in [1.54, 1.807) is 0 Å². The Morgan fingerprint density at radius 1 is 1.38 bits per heavy atom. The topological polar surface area (TPSA) is 41.3 Å². The van der Waals surface area contributed by atoms with Crippen molar-refractivity contribution < 1.29 is 5.11 Å². The number of aryl methyl sites for hydroxylation is 2. The number of hydrogen-bond donors (Lipinski definition) is 1. The maximum Gasteiger partial charge on any atom is 0.0518 e. The Kier molecular flexibility index (Phi) is 4.65. The lowest BCUT2D eigenvalue weighted by molar-refractivity contribution is 0.0205. The summed E-state index contributed by atoms with van der Waals surface area (Å²) in [7, 11) is 0. The van der Waals surface area contributed by atoms with Gasteiger partial charge in [-0.1, -0.05) is 12.8 Å². The molecule has 1 aromatic heterocycles. The number of likely N-dealkylation sites (tertiary alicyclic amines) is 1.